The summed E-state index contributed by atoms with van der Waals surface area (Å²) >= 11 is 0. The van der Waals surface area contributed by atoms with Crippen LogP contribution in [0.3, 0.4) is 0 Å². The summed E-state index contributed by atoms with van der Waals surface area (Å²) in [6.45, 7) is 1.67. The molecule has 1 aromatic rings. The van der Waals surface area contributed by atoms with Crippen LogP contribution in [0.15, 0.2) is 16.7 Å². The van der Waals surface area contributed by atoms with E-state index in [-0.39, 0.29) is 5.25 Å². The van der Waals surface area contributed by atoms with Gasteiger partial charge in [-0.2, -0.15) is 4.31 Å². The number of aryl methyl sites for hydroxylation is 1. The van der Waals surface area contributed by atoms with Crippen LogP contribution >= 0.6 is 0 Å². The molecule has 5 nitrogen and oxygen atoms in total. The highest BCUT2D eigenvalue weighted by molar-refractivity contribution is 7.89. The minimum absolute atomic E-state index is 0.330. The number of nitrogens with zero attached hydrogens (tertiary/aromatic N) is 1. The Hall–Kier alpha value is -0.850. The van der Waals surface area contributed by atoms with Crippen LogP contribution in [0, 0.1) is 0 Å². The summed E-state index contributed by atoms with van der Waals surface area (Å²) in [6.07, 6.45) is 3.26. The Bertz CT molecular complexity index is 503. The van der Waals surface area contributed by atoms with Crippen molar-refractivity contribution in [2.75, 3.05) is 19.8 Å². The third-order valence-corrected chi connectivity index (χ3v) is 5.53. The van der Waals surface area contributed by atoms with Gasteiger partial charge in [-0.1, -0.05) is 0 Å². The van der Waals surface area contributed by atoms with Crippen molar-refractivity contribution >= 4 is 10.0 Å². The fraction of sp³-hybridized carbons (Fsp3) is 0.636. The van der Waals surface area contributed by atoms with E-state index in [9.17, 15) is 8.42 Å². The van der Waals surface area contributed by atoms with E-state index in [1.807, 2.05) is 6.07 Å². The number of hydrogen-bond acceptors (Lipinski definition) is 4. The van der Waals surface area contributed by atoms with Gasteiger partial charge in [0.25, 0.3) is 0 Å². The fourth-order valence-electron chi connectivity index (χ4n) is 2.23. The van der Waals surface area contributed by atoms with Gasteiger partial charge in [-0.15, -0.1) is 0 Å². The predicted molar refractivity (Wildman–Crippen MR) is 61.0 cm³/mol. The first kappa shape index (κ1) is 11.3. The summed E-state index contributed by atoms with van der Waals surface area (Å²) in [7, 11) is -3.20. The summed E-state index contributed by atoms with van der Waals surface area (Å²) < 4.78 is 36.4. The van der Waals surface area contributed by atoms with Gasteiger partial charge in [0, 0.05) is 25.1 Å². The normalized spacial score (nSPS) is 22.8. The van der Waals surface area contributed by atoms with Gasteiger partial charge in [-0.3, -0.25) is 0 Å². The Morgan fingerprint density at radius 1 is 1.35 bits per heavy atom. The molecule has 0 atom stereocenters. The molecule has 3 rings (SSSR count). The Morgan fingerprint density at radius 2 is 2.18 bits per heavy atom. The molecule has 94 valence electrons. The molecule has 2 aliphatic heterocycles. The summed E-state index contributed by atoms with van der Waals surface area (Å²) in [6, 6.07) is 1.86. The molecule has 0 bridgehead atoms. The van der Waals surface area contributed by atoms with E-state index in [4.69, 9.17) is 9.15 Å². The van der Waals surface area contributed by atoms with Crippen LogP contribution in [-0.2, 0) is 27.7 Å². The lowest BCUT2D eigenvalue weighted by Crippen LogP contribution is -2.48. The van der Waals surface area contributed by atoms with E-state index in [0.29, 0.717) is 26.3 Å². The van der Waals surface area contributed by atoms with Crippen molar-refractivity contribution in [3.8, 4) is 0 Å². The van der Waals surface area contributed by atoms with Gasteiger partial charge < -0.3 is 9.15 Å². The molecule has 0 aliphatic carbocycles. The maximum Gasteiger partial charge on any atom is 0.221 e. The average Bonchev–Trinajstić information content (AvgIpc) is 2.52. The van der Waals surface area contributed by atoms with Crippen LogP contribution in [-0.4, -0.2) is 37.7 Å². The van der Waals surface area contributed by atoms with Gasteiger partial charge in [-0.05, 0) is 12.5 Å². The van der Waals surface area contributed by atoms with Gasteiger partial charge in [0.15, 0.2) is 0 Å². The maximum absolute atomic E-state index is 12.3. The van der Waals surface area contributed by atoms with E-state index in [2.05, 4.69) is 0 Å². The second-order valence-electron chi connectivity index (χ2n) is 4.51. The Kier molecular flexibility index (Phi) is 2.72. The zero-order chi connectivity index (χ0) is 11.9. The molecule has 3 heterocycles. The molecule has 0 saturated carbocycles. The number of furan rings is 1. The fourth-order valence-corrected chi connectivity index (χ4v) is 3.89. The van der Waals surface area contributed by atoms with Crippen molar-refractivity contribution in [2.24, 2.45) is 0 Å². The van der Waals surface area contributed by atoms with Crippen LogP contribution in [0.25, 0.3) is 0 Å². The molecule has 0 unspecified atom stereocenters. The minimum Gasteiger partial charge on any atom is -0.469 e. The lowest BCUT2D eigenvalue weighted by Gasteiger charge is -2.31. The lowest BCUT2D eigenvalue weighted by molar-refractivity contribution is 0.0390. The van der Waals surface area contributed by atoms with E-state index < -0.39 is 10.0 Å². The number of sulfonamides is 1. The molecule has 2 aliphatic rings. The SMILES string of the molecule is O=S(=O)(C1COC1)N1CCCc2occc2C1. The van der Waals surface area contributed by atoms with Gasteiger partial charge in [0.2, 0.25) is 10.0 Å². The second-order valence-corrected chi connectivity index (χ2v) is 6.72. The largest absolute Gasteiger partial charge is 0.469 e. The maximum atomic E-state index is 12.3. The first-order chi connectivity index (χ1) is 8.18. The smallest absolute Gasteiger partial charge is 0.221 e. The minimum atomic E-state index is -3.20. The van der Waals surface area contributed by atoms with Crippen LogP contribution in [0.2, 0.25) is 0 Å². The van der Waals surface area contributed by atoms with Gasteiger partial charge in [0.05, 0.1) is 19.5 Å². The van der Waals surface area contributed by atoms with Gasteiger partial charge >= 0.3 is 0 Å². The monoisotopic (exact) mass is 257 g/mol. The highest BCUT2D eigenvalue weighted by Gasteiger charge is 2.38. The summed E-state index contributed by atoms with van der Waals surface area (Å²) in [5, 5.41) is -0.351. The van der Waals surface area contributed by atoms with E-state index in [1.165, 1.54) is 0 Å². The van der Waals surface area contributed by atoms with Crippen molar-refractivity contribution in [3.63, 3.8) is 0 Å². The van der Waals surface area contributed by atoms with Crippen molar-refractivity contribution < 1.29 is 17.6 Å². The zero-order valence-electron chi connectivity index (χ0n) is 9.46. The van der Waals surface area contributed by atoms with Crippen molar-refractivity contribution in [1.29, 1.82) is 0 Å². The zero-order valence-corrected chi connectivity index (χ0v) is 10.3. The molecule has 0 aromatic carbocycles. The predicted octanol–water partition coefficient (Wildman–Crippen LogP) is 0.756. The molecule has 0 radical (unpaired) electrons. The summed E-state index contributed by atoms with van der Waals surface area (Å²) in [4.78, 5) is 0. The molecule has 0 spiro atoms. The van der Waals surface area contributed by atoms with Crippen molar-refractivity contribution in [1.82, 2.24) is 4.31 Å². The number of ether oxygens (including phenoxy) is 1. The summed E-state index contributed by atoms with van der Waals surface area (Å²) in [5.74, 6) is 0.924. The lowest BCUT2D eigenvalue weighted by atomic mass is 10.2. The molecule has 6 heteroatoms. The van der Waals surface area contributed by atoms with Gasteiger partial charge in [-0.25, -0.2) is 8.42 Å². The average molecular weight is 257 g/mol. The molecule has 1 fully saturated rings. The second kappa shape index (κ2) is 4.12. The quantitative estimate of drug-likeness (QED) is 0.784. The van der Waals surface area contributed by atoms with Crippen molar-refractivity contribution in [3.05, 3.63) is 23.7 Å². The number of rotatable bonds is 2. The first-order valence-corrected chi connectivity index (χ1v) is 7.30. The van der Waals surface area contributed by atoms with E-state index >= 15 is 0 Å². The highest BCUT2D eigenvalue weighted by Crippen LogP contribution is 2.25. The van der Waals surface area contributed by atoms with Crippen molar-refractivity contribution in [2.45, 2.75) is 24.6 Å². The highest BCUT2D eigenvalue weighted by atomic mass is 32.2. The Balaban J connectivity index is 1.85. The number of fused-ring (bicyclic) bond motifs is 1. The van der Waals surface area contributed by atoms with Crippen LogP contribution in [0.1, 0.15) is 17.7 Å². The van der Waals surface area contributed by atoms with Crippen LogP contribution in [0.4, 0.5) is 0 Å². The number of hydrogen-bond donors (Lipinski definition) is 0. The summed E-state index contributed by atoms with van der Waals surface area (Å²) in [5.41, 5.74) is 0.992. The molecule has 1 saturated heterocycles. The Morgan fingerprint density at radius 3 is 2.88 bits per heavy atom. The first-order valence-electron chi connectivity index (χ1n) is 5.80. The third kappa shape index (κ3) is 1.90. The molecular weight excluding hydrogens is 242 g/mol. The molecule has 0 amide bonds. The van der Waals surface area contributed by atoms with E-state index in [1.54, 1.807) is 10.6 Å². The topological polar surface area (TPSA) is 59.8 Å². The Labute approximate surface area is 100 Å². The molecule has 1 aromatic heterocycles. The van der Waals surface area contributed by atoms with E-state index in [0.717, 1.165) is 24.2 Å². The molecule has 0 N–H and O–H groups in total. The van der Waals surface area contributed by atoms with Gasteiger partial charge in [0.1, 0.15) is 11.0 Å². The molecule has 17 heavy (non-hydrogen) atoms. The standard InChI is InChI=1S/C11H15NO4S/c13-17(14,10-7-15-8-10)12-4-1-2-11-9(6-12)3-5-16-11/h3,5,10H,1-2,4,6-8H2. The van der Waals surface area contributed by atoms with Crippen LogP contribution in [0.5, 0.6) is 0 Å². The van der Waals surface area contributed by atoms with Crippen LogP contribution < -0.4 is 0 Å². The third-order valence-electron chi connectivity index (χ3n) is 3.38. The molecular formula is C11H15NO4S.